The molecule has 2 amide bonds. The molecule has 1 aromatic carbocycles. The first-order valence-corrected chi connectivity index (χ1v) is 5.41. The van der Waals surface area contributed by atoms with E-state index in [-0.39, 0.29) is 0 Å². The van der Waals surface area contributed by atoms with Gasteiger partial charge >= 0.3 is 12.0 Å². The zero-order valence-electron chi connectivity index (χ0n) is 10.2. The Hall–Kier alpha value is -2.59. The number of amides is 2. The zero-order valence-corrected chi connectivity index (χ0v) is 10.2. The van der Waals surface area contributed by atoms with Gasteiger partial charge in [-0.15, -0.1) is 0 Å². The summed E-state index contributed by atoms with van der Waals surface area (Å²) in [6, 6.07) is 6.24. The predicted molar refractivity (Wildman–Crippen MR) is 66.6 cm³/mol. The SMILES string of the molecule is Cc1cccc(NC(=O)NCC(O)C(=O)O)c1C#N. The van der Waals surface area contributed by atoms with E-state index in [0.717, 1.165) is 0 Å². The molecule has 0 bridgehead atoms. The third kappa shape index (κ3) is 3.97. The topological polar surface area (TPSA) is 122 Å². The summed E-state index contributed by atoms with van der Waals surface area (Å²) in [6.07, 6.45) is -1.67. The van der Waals surface area contributed by atoms with Gasteiger partial charge < -0.3 is 20.8 Å². The lowest BCUT2D eigenvalue weighted by atomic mass is 10.1. The lowest BCUT2D eigenvalue weighted by Crippen LogP contribution is -2.38. The second kappa shape index (κ2) is 6.37. The van der Waals surface area contributed by atoms with Crippen LogP contribution in [0.2, 0.25) is 0 Å². The Morgan fingerprint density at radius 2 is 2.16 bits per heavy atom. The van der Waals surface area contributed by atoms with Gasteiger partial charge in [0.15, 0.2) is 6.10 Å². The molecule has 0 saturated heterocycles. The number of hydrogen-bond donors (Lipinski definition) is 4. The highest BCUT2D eigenvalue weighted by Gasteiger charge is 2.14. The predicted octanol–water partition coefficient (Wildman–Crippen LogP) is 0.434. The average molecular weight is 263 g/mol. The molecule has 0 fully saturated rings. The summed E-state index contributed by atoms with van der Waals surface area (Å²) in [7, 11) is 0. The molecule has 0 heterocycles. The van der Waals surface area contributed by atoms with E-state index in [1.54, 1.807) is 25.1 Å². The molecule has 7 nitrogen and oxygen atoms in total. The Morgan fingerprint density at radius 3 is 2.74 bits per heavy atom. The third-order valence-corrected chi connectivity index (χ3v) is 2.37. The largest absolute Gasteiger partial charge is 0.479 e. The number of carbonyl (C=O) groups is 2. The maximum Gasteiger partial charge on any atom is 0.334 e. The Labute approximate surface area is 109 Å². The van der Waals surface area contributed by atoms with Crippen molar-refractivity contribution in [2.24, 2.45) is 0 Å². The molecule has 4 N–H and O–H groups in total. The van der Waals surface area contributed by atoms with Crippen LogP contribution in [-0.4, -0.2) is 34.9 Å². The number of aliphatic hydroxyl groups is 1. The van der Waals surface area contributed by atoms with Crippen molar-refractivity contribution in [2.45, 2.75) is 13.0 Å². The number of carboxylic acids is 1. The fourth-order valence-electron chi connectivity index (χ4n) is 1.36. The van der Waals surface area contributed by atoms with E-state index in [4.69, 9.17) is 15.5 Å². The van der Waals surface area contributed by atoms with Crippen LogP contribution in [0.15, 0.2) is 18.2 Å². The smallest absolute Gasteiger partial charge is 0.334 e. The van der Waals surface area contributed by atoms with Crippen molar-refractivity contribution in [3.05, 3.63) is 29.3 Å². The maximum absolute atomic E-state index is 11.5. The number of rotatable bonds is 4. The Bertz CT molecular complexity index is 536. The third-order valence-electron chi connectivity index (χ3n) is 2.37. The molecule has 1 rings (SSSR count). The van der Waals surface area contributed by atoms with Crippen LogP contribution in [0.1, 0.15) is 11.1 Å². The fraction of sp³-hybridized carbons (Fsp3) is 0.250. The number of urea groups is 1. The lowest BCUT2D eigenvalue weighted by molar-refractivity contribution is -0.146. The molecule has 7 heteroatoms. The van der Waals surface area contributed by atoms with Crippen LogP contribution in [0.4, 0.5) is 10.5 Å². The zero-order chi connectivity index (χ0) is 14.4. The molecular weight excluding hydrogens is 250 g/mol. The molecule has 0 spiro atoms. The maximum atomic E-state index is 11.5. The van der Waals surface area contributed by atoms with Gasteiger partial charge in [0.2, 0.25) is 0 Å². The van der Waals surface area contributed by atoms with Gasteiger partial charge in [0, 0.05) is 0 Å². The van der Waals surface area contributed by atoms with E-state index in [2.05, 4.69) is 10.6 Å². The number of anilines is 1. The minimum Gasteiger partial charge on any atom is -0.479 e. The number of hydrogen-bond acceptors (Lipinski definition) is 4. The molecule has 19 heavy (non-hydrogen) atoms. The highest BCUT2D eigenvalue weighted by Crippen LogP contribution is 2.17. The number of carboxylic acid groups (broad SMARTS) is 1. The van der Waals surface area contributed by atoms with Gasteiger partial charge in [-0.25, -0.2) is 9.59 Å². The van der Waals surface area contributed by atoms with Crippen LogP contribution in [0, 0.1) is 18.3 Å². The Balaban J connectivity index is 2.66. The molecule has 1 unspecified atom stereocenters. The standard InChI is InChI=1S/C12H13N3O4/c1-7-3-2-4-9(8(7)5-13)15-12(19)14-6-10(16)11(17)18/h2-4,10,16H,6H2,1H3,(H,17,18)(H2,14,15,19). The van der Waals surface area contributed by atoms with Gasteiger partial charge in [0.25, 0.3) is 0 Å². The van der Waals surface area contributed by atoms with Crippen LogP contribution in [0.3, 0.4) is 0 Å². The molecule has 0 aliphatic rings. The number of carbonyl (C=O) groups excluding carboxylic acids is 1. The highest BCUT2D eigenvalue weighted by molar-refractivity contribution is 5.91. The molecule has 0 radical (unpaired) electrons. The van der Waals surface area contributed by atoms with Crippen molar-refractivity contribution >= 4 is 17.7 Å². The minimum atomic E-state index is -1.67. The van der Waals surface area contributed by atoms with Crippen molar-refractivity contribution in [3.8, 4) is 6.07 Å². The number of aliphatic hydroxyl groups excluding tert-OH is 1. The van der Waals surface area contributed by atoms with Crippen LogP contribution in [0.25, 0.3) is 0 Å². The number of benzene rings is 1. The normalized spacial score (nSPS) is 11.2. The summed E-state index contributed by atoms with van der Waals surface area (Å²) in [5.41, 5.74) is 1.37. The summed E-state index contributed by atoms with van der Waals surface area (Å²) < 4.78 is 0. The molecule has 0 aliphatic heterocycles. The van der Waals surface area contributed by atoms with Crippen molar-refractivity contribution < 1.29 is 19.8 Å². The monoisotopic (exact) mass is 263 g/mol. The van der Waals surface area contributed by atoms with Crippen LogP contribution in [0.5, 0.6) is 0 Å². The van der Waals surface area contributed by atoms with Crippen LogP contribution in [-0.2, 0) is 4.79 Å². The molecule has 0 aliphatic carbocycles. The second-order valence-corrected chi connectivity index (χ2v) is 3.80. The summed E-state index contributed by atoms with van der Waals surface area (Å²) in [6.45, 7) is 1.31. The van der Waals surface area contributed by atoms with Crippen LogP contribution < -0.4 is 10.6 Å². The van der Waals surface area contributed by atoms with Gasteiger partial charge in [-0.2, -0.15) is 5.26 Å². The first-order valence-electron chi connectivity index (χ1n) is 5.41. The molecular formula is C12H13N3O4. The van der Waals surface area contributed by atoms with Crippen molar-refractivity contribution in [1.82, 2.24) is 5.32 Å². The average Bonchev–Trinajstić information content (AvgIpc) is 2.36. The number of nitrogens with zero attached hydrogens (tertiary/aromatic N) is 1. The first kappa shape index (κ1) is 14.5. The molecule has 1 aromatic rings. The van der Waals surface area contributed by atoms with E-state index < -0.39 is 24.6 Å². The lowest BCUT2D eigenvalue weighted by Gasteiger charge is -2.11. The minimum absolute atomic E-state index is 0.324. The van der Waals surface area contributed by atoms with Gasteiger partial charge in [0.1, 0.15) is 6.07 Å². The van der Waals surface area contributed by atoms with E-state index in [9.17, 15) is 9.59 Å². The van der Waals surface area contributed by atoms with Crippen molar-refractivity contribution in [1.29, 1.82) is 5.26 Å². The fourth-order valence-corrected chi connectivity index (χ4v) is 1.36. The summed E-state index contributed by atoms with van der Waals surface area (Å²) in [4.78, 5) is 21.8. The van der Waals surface area contributed by atoms with E-state index in [0.29, 0.717) is 16.8 Å². The summed E-state index contributed by atoms with van der Waals surface area (Å²) in [5, 5.41) is 31.0. The Morgan fingerprint density at radius 1 is 1.47 bits per heavy atom. The van der Waals surface area contributed by atoms with Crippen molar-refractivity contribution in [3.63, 3.8) is 0 Å². The van der Waals surface area contributed by atoms with Gasteiger partial charge in [-0.1, -0.05) is 12.1 Å². The second-order valence-electron chi connectivity index (χ2n) is 3.80. The van der Waals surface area contributed by atoms with Crippen molar-refractivity contribution in [2.75, 3.05) is 11.9 Å². The summed E-state index contributed by atoms with van der Waals surface area (Å²) in [5.74, 6) is -1.42. The molecule has 100 valence electrons. The van der Waals surface area contributed by atoms with Crippen LogP contribution >= 0.6 is 0 Å². The first-order chi connectivity index (χ1) is 8.95. The number of nitrogens with one attached hydrogen (secondary N) is 2. The molecule has 1 atom stereocenters. The number of nitriles is 1. The highest BCUT2D eigenvalue weighted by atomic mass is 16.4. The van der Waals surface area contributed by atoms with E-state index in [1.807, 2.05) is 6.07 Å². The number of aliphatic carboxylic acids is 1. The molecule has 0 saturated carbocycles. The molecule has 0 aromatic heterocycles. The van der Waals surface area contributed by atoms with Gasteiger partial charge in [-0.3, -0.25) is 0 Å². The number of aryl methyl sites for hydroxylation is 1. The van der Waals surface area contributed by atoms with E-state index >= 15 is 0 Å². The van der Waals surface area contributed by atoms with Gasteiger partial charge in [-0.05, 0) is 18.6 Å². The van der Waals surface area contributed by atoms with E-state index in [1.165, 1.54) is 0 Å². The summed E-state index contributed by atoms with van der Waals surface area (Å²) >= 11 is 0. The quantitative estimate of drug-likeness (QED) is 0.627. The van der Waals surface area contributed by atoms with Gasteiger partial charge in [0.05, 0.1) is 17.8 Å². The Kier molecular flexibility index (Phi) is 4.85.